The van der Waals surface area contributed by atoms with Gasteiger partial charge in [0.25, 0.3) is 0 Å². The Kier molecular flexibility index (Phi) is 8.76. The van der Waals surface area contributed by atoms with Crippen molar-refractivity contribution in [1.29, 1.82) is 0 Å². The molecule has 3 atom stereocenters. The number of hydrogen-bond acceptors (Lipinski definition) is 4. The third-order valence-electron chi connectivity index (χ3n) is 8.14. The van der Waals surface area contributed by atoms with Crippen LogP contribution in [0.25, 0.3) is 10.9 Å². The first kappa shape index (κ1) is 24.9. The lowest BCUT2D eigenvalue weighted by atomic mass is 9.79. The number of hydrogen-bond donors (Lipinski definition) is 1. The quantitative estimate of drug-likeness (QED) is 0.411. The van der Waals surface area contributed by atoms with Crippen molar-refractivity contribution >= 4 is 16.9 Å². The molecule has 2 unspecified atom stereocenters. The number of carbonyl (C=O) groups is 1. The van der Waals surface area contributed by atoms with E-state index in [0.717, 1.165) is 49.3 Å². The van der Waals surface area contributed by atoms with E-state index in [1.807, 2.05) is 18.2 Å². The SMILES string of the molecule is COc1ccc2nccc([C@@H](F)CCC3CCN(CCC4CCCC4)CC3CCC(=O)O)c2c1. The summed E-state index contributed by atoms with van der Waals surface area (Å²) in [5.74, 6) is 1.55. The fourth-order valence-corrected chi connectivity index (χ4v) is 6.10. The molecule has 186 valence electrons. The summed E-state index contributed by atoms with van der Waals surface area (Å²) >= 11 is 0. The third kappa shape index (κ3) is 6.47. The van der Waals surface area contributed by atoms with Gasteiger partial charge in [0.2, 0.25) is 0 Å². The van der Waals surface area contributed by atoms with Gasteiger partial charge in [0.1, 0.15) is 11.9 Å². The van der Waals surface area contributed by atoms with Gasteiger partial charge in [-0.1, -0.05) is 25.7 Å². The Morgan fingerprint density at radius 1 is 1.18 bits per heavy atom. The maximum atomic E-state index is 15.5. The summed E-state index contributed by atoms with van der Waals surface area (Å²) in [5, 5.41) is 10.1. The predicted molar refractivity (Wildman–Crippen MR) is 133 cm³/mol. The van der Waals surface area contributed by atoms with Crippen LogP contribution in [0.2, 0.25) is 0 Å². The van der Waals surface area contributed by atoms with E-state index in [0.29, 0.717) is 36.0 Å². The molecule has 1 aromatic heterocycles. The Labute approximate surface area is 202 Å². The van der Waals surface area contributed by atoms with E-state index in [4.69, 9.17) is 4.74 Å². The fourth-order valence-electron chi connectivity index (χ4n) is 6.10. The molecule has 4 rings (SSSR count). The lowest BCUT2D eigenvalue weighted by molar-refractivity contribution is -0.137. The zero-order valence-electron chi connectivity index (χ0n) is 20.4. The van der Waals surface area contributed by atoms with Crippen LogP contribution in [0.15, 0.2) is 30.5 Å². The Morgan fingerprint density at radius 2 is 2.00 bits per heavy atom. The Bertz CT molecular complexity index is 946. The molecule has 1 aliphatic heterocycles. The van der Waals surface area contributed by atoms with Gasteiger partial charge in [-0.2, -0.15) is 0 Å². The number of halogens is 1. The molecule has 1 saturated carbocycles. The molecule has 6 heteroatoms. The number of benzene rings is 1. The predicted octanol–water partition coefficient (Wildman–Crippen LogP) is 6.42. The maximum Gasteiger partial charge on any atom is 0.303 e. The minimum atomic E-state index is -1.07. The van der Waals surface area contributed by atoms with E-state index < -0.39 is 12.1 Å². The molecule has 0 bridgehead atoms. The number of aromatic nitrogens is 1. The highest BCUT2D eigenvalue weighted by Crippen LogP contribution is 2.37. The number of fused-ring (bicyclic) bond motifs is 1. The minimum absolute atomic E-state index is 0.200. The highest BCUT2D eigenvalue weighted by Gasteiger charge is 2.30. The average Bonchev–Trinajstić information content (AvgIpc) is 3.38. The second-order valence-corrected chi connectivity index (χ2v) is 10.3. The van der Waals surface area contributed by atoms with Crippen LogP contribution in [0.4, 0.5) is 4.39 Å². The van der Waals surface area contributed by atoms with Crippen LogP contribution in [0, 0.1) is 17.8 Å². The number of piperidine rings is 1. The molecule has 34 heavy (non-hydrogen) atoms. The minimum Gasteiger partial charge on any atom is -0.497 e. The van der Waals surface area contributed by atoms with Crippen molar-refractivity contribution in [2.75, 3.05) is 26.7 Å². The largest absolute Gasteiger partial charge is 0.497 e. The summed E-state index contributed by atoms with van der Waals surface area (Å²) in [6.07, 6.45) is 10.5. The summed E-state index contributed by atoms with van der Waals surface area (Å²) in [5.41, 5.74) is 1.44. The van der Waals surface area contributed by atoms with Gasteiger partial charge in [0, 0.05) is 24.5 Å². The number of carboxylic acid groups (broad SMARTS) is 1. The normalized spacial score (nSPS) is 22.8. The number of methoxy groups -OCH3 is 1. The number of pyridine rings is 1. The van der Waals surface area contributed by atoms with Crippen LogP contribution in [-0.2, 0) is 4.79 Å². The van der Waals surface area contributed by atoms with Crippen LogP contribution in [0.5, 0.6) is 5.75 Å². The lowest BCUT2D eigenvalue weighted by Gasteiger charge is -2.39. The number of ether oxygens (including phenoxy) is 1. The molecular formula is C28H39FN2O3. The summed E-state index contributed by atoms with van der Waals surface area (Å²) in [4.78, 5) is 18.2. The molecule has 1 N–H and O–H groups in total. The van der Waals surface area contributed by atoms with Crippen molar-refractivity contribution in [3.63, 3.8) is 0 Å². The number of aliphatic carboxylic acids is 1. The topological polar surface area (TPSA) is 62.7 Å². The fraction of sp³-hybridized carbons (Fsp3) is 0.643. The van der Waals surface area contributed by atoms with Crippen LogP contribution in [-0.4, -0.2) is 47.7 Å². The van der Waals surface area contributed by atoms with Gasteiger partial charge >= 0.3 is 5.97 Å². The summed E-state index contributed by atoms with van der Waals surface area (Å²) in [6, 6.07) is 7.36. The molecule has 2 heterocycles. The second kappa shape index (κ2) is 12.0. The van der Waals surface area contributed by atoms with Crippen molar-refractivity contribution in [2.45, 2.75) is 70.4 Å². The maximum absolute atomic E-state index is 15.5. The van der Waals surface area contributed by atoms with Crippen molar-refractivity contribution in [1.82, 2.24) is 9.88 Å². The number of likely N-dealkylation sites (tertiary alicyclic amines) is 1. The molecule has 5 nitrogen and oxygen atoms in total. The molecule has 0 amide bonds. The highest BCUT2D eigenvalue weighted by molar-refractivity contribution is 5.83. The van der Waals surface area contributed by atoms with E-state index in [9.17, 15) is 9.90 Å². The second-order valence-electron chi connectivity index (χ2n) is 10.3. The van der Waals surface area contributed by atoms with Gasteiger partial charge in [-0.15, -0.1) is 0 Å². The smallest absolute Gasteiger partial charge is 0.303 e. The van der Waals surface area contributed by atoms with Gasteiger partial charge in [0.05, 0.1) is 12.6 Å². The van der Waals surface area contributed by atoms with E-state index in [1.165, 1.54) is 32.1 Å². The van der Waals surface area contributed by atoms with Crippen LogP contribution >= 0.6 is 0 Å². The Morgan fingerprint density at radius 3 is 2.76 bits per heavy atom. The molecule has 2 fully saturated rings. The van der Waals surface area contributed by atoms with Gasteiger partial charge < -0.3 is 14.7 Å². The van der Waals surface area contributed by atoms with Crippen molar-refractivity contribution < 1.29 is 19.0 Å². The molecule has 0 spiro atoms. The molecular weight excluding hydrogens is 431 g/mol. The molecule has 1 aromatic carbocycles. The summed E-state index contributed by atoms with van der Waals surface area (Å²) in [7, 11) is 1.61. The first-order chi connectivity index (χ1) is 16.5. The zero-order chi connectivity index (χ0) is 23.9. The average molecular weight is 471 g/mol. The van der Waals surface area contributed by atoms with Gasteiger partial charge in [-0.3, -0.25) is 9.78 Å². The lowest BCUT2D eigenvalue weighted by Crippen LogP contribution is -2.41. The van der Waals surface area contributed by atoms with E-state index >= 15 is 4.39 Å². The number of carboxylic acids is 1. The van der Waals surface area contributed by atoms with Gasteiger partial charge in [-0.05, 0) is 92.8 Å². The van der Waals surface area contributed by atoms with Crippen LogP contribution < -0.4 is 4.74 Å². The number of rotatable bonds is 11. The Hall–Kier alpha value is -2.21. The van der Waals surface area contributed by atoms with Crippen LogP contribution in [0.3, 0.4) is 0 Å². The monoisotopic (exact) mass is 470 g/mol. The Balaban J connectivity index is 1.37. The molecule has 2 aliphatic rings. The van der Waals surface area contributed by atoms with E-state index in [1.54, 1.807) is 19.4 Å². The van der Waals surface area contributed by atoms with Gasteiger partial charge in [-0.25, -0.2) is 4.39 Å². The van der Waals surface area contributed by atoms with Crippen LogP contribution in [0.1, 0.15) is 75.9 Å². The van der Waals surface area contributed by atoms with Gasteiger partial charge in [0.15, 0.2) is 0 Å². The third-order valence-corrected chi connectivity index (χ3v) is 8.14. The van der Waals surface area contributed by atoms with Crippen molar-refractivity contribution in [2.24, 2.45) is 17.8 Å². The van der Waals surface area contributed by atoms with E-state index in [2.05, 4.69) is 9.88 Å². The first-order valence-electron chi connectivity index (χ1n) is 13.0. The summed E-state index contributed by atoms with van der Waals surface area (Å²) in [6.45, 7) is 3.13. The standard InChI is InChI=1S/C28H39FN2O3/c1-34-23-8-10-27-25(18-23)24(12-15-30-27)26(29)9-6-21-14-17-31(16-13-20-4-2-3-5-20)19-22(21)7-11-28(32)33/h8,10,12,15,18,20-22,26H,2-7,9,11,13-14,16-17,19H2,1H3,(H,32,33)/t21?,22?,26-/m0/s1. The molecule has 2 aromatic rings. The zero-order valence-corrected chi connectivity index (χ0v) is 20.4. The first-order valence-corrected chi connectivity index (χ1v) is 13.0. The number of nitrogens with zero attached hydrogens (tertiary/aromatic N) is 2. The summed E-state index contributed by atoms with van der Waals surface area (Å²) < 4.78 is 20.8. The van der Waals surface area contributed by atoms with E-state index in [-0.39, 0.29) is 6.42 Å². The molecule has 0 radical (unpaired) electrons. The number of alkyl halides is 1. The highest BCUT2D eigenvalue weighted by atomic mass is 19.1. The van der Waals surface area contributed by atoms with Crippen molar-refractivity contribution in [3.8, 4) is 5.75 Å². The molecule has 1 aliphatic carbocycles. The van der Waals surface area contributed by atoms with Crippen molar-refractivity contribution in [3.05, 3.63) is 36.0 Å². The molecule has 1 saturated heterocycles.